The van der Waals surface area contributed by atoms with Gasteiger partial charge in [-0.1, -0.05) is 36.0 Å². The first-order chi connectivity index (χ1) is 11.6. The molecule has 0 saturated heterocycles. The Bertz CT molecular complexity index is 963. The van der Waals surface area contributed by atoms with E-state index in [9.17, 15) is 5.11 Å². The second-order valence-electron chi connectivity index (χ2n) is 5.54. The fourth-order valence-electron chi connectivity index (χ4n) is 2.52. The van der Waals surface area contributed by atoms with Crippen molar-refractivity contribution in [1.82, 2.24) is 14.9 Å². The number of phenolic OH excluding ortho intramolecular Hbond substituents is 1. The molecule has 0 fully saturated rings. The number of phenols is 1. The topological polar surface area (TPSA) is 89.3 Å². The predicted molar refractivity (Wildman–Crippen MR) is 95.4 cm³/mol. The molecule has 3 N–H and O–H groups in total. The van der Waals surface area contributed by atoms with Crippen LogP contribution in [0.1, 0.15) is 11.1 Å². The fraction of sp³-hybridized carbons (Fsp3) is 0.118. The van der Waals surface area contributed by atoms with Crippen LogP contribution in [0.25, 0.3) is 11.4 Å². The molecular weight excluding hydrogens is 322 g/mol. The Balaban J connectivity index is 1.82. The van der Waals surface area contributed by atoms with E-state index in [4.69, 9.17) is 5.73 Å². The Morgan fingerprint density at radius 1 is 1.17 bits per heavy atom. The van der Waals surface area contributed by atoms with E-state index in [1.807, 2.05) is 31.2 Å². The van der Waals surface area contributed by atoms with E-state index >= 15 is 0 Å². The molecule has 4 rings (SSSR count). The maximum Gasteiger partial charge on any atom is 0.212 e. The van der Waals surface area contributed by atoms with Crippen LogP contribution in [-0.2, 0) is 0 Å². The summed E-state index contributed by atoms with van der Waals surface area (Å²) in [6.07, 6.45) is 0. The maximum atomic E-state index is 10.1. The number of aromatic nitrogens is 3. The highest BCUT2D eigenvalue weighted by molar-refractivity contribution is 7.99. The maximum absolute atomic E-state index is 10.1. The van der Waals surface area contributed by atoms with Crippen molar-refractivity contribution in [3.63, 3.8) is 0 Å². The lowest BCUT2D eigenvalue weighted by Crippen LogP contribution is -2.14. The molecule has 0 saturated carbocycles. The first kappa shape index (κ1) is 14.8. The monoisotopic (exact) mass is 337 g/mol. The van der Waals surface area contributed by atoms with Gasteiger partial charge in [0.05, 0.1) is 11.3 Å². The number of nitrogens with two attached hydrogens (primary N) is 1. The minimum atomic E-state index is 0.152. The minimum absolute atomic E-state index is 0.152. The molecule has 24 heavy (non-hydrogen) atoms. The summed E-state index contributed by atoms with van der Waals surface area (Å²) in [6.45, 7) is 1.98. The van der Waals surface area contributed by atoms with Crippen LogP contribution in [0, 0.1) is 6.92 Å². The number of hydrogen-bond donors (Lipinski definition) is 2. The summed E-state index contributed by atoms with van der Waals surface area (Å²) in [4.78, 5) is 0. The van der Waals surface area contributed by atoms with Gasteiger partial charge in [-0.05, 0) is 30.7 Å². The molecule has 1 aromatic heterocycles. The van der Waals surface area contributed by atoms with E-state index < -0.39 is 0 Å². The fourth-order valence-corrected chi connectivity index (χ4v) is 3.36. The van der Waals surface area contributed by atoms with Crippen LogP contribution in [0.3, 0.4) is 0 Å². The smallest absolute Gasteiger partial charge is 0.212 e. The van der Waals surface area contributed by atoms with Crippen molar-refractivity contribution in [2.24, 2.45) is 5.10 Å². The van der Waals surface area contributed by atoms with Crippen LogP contribution in [-0.4, -0.2) is 31.4 Å². The van der Waals surface area contributed by atoms with Gasteiger partial charge in [-0.2, -0.15) is 9.78 Å². The van der Waals surface area contributed by atoms with Gasteiger partial charge in [-0.3, -0.25) is 0 Å². The summed E-state index contributed by atoms with van der Waals surface area (Å²) in [5, 5.41) is 23.8. The number of benzene rings is 2. The molecular formula is C17H15N5OS. The summed E-state index contributed by atoms with van der Waals surface area (Å²) < 4.78 is 1.68. The Labute approximate surface area is 143 Å². The third-order valence-corrected chi connectivity index (χ3v) is 4.86. The second-order valence-corrected chi connectivity index (χ2v) is 6.48. The summed E-state index contributed by atoms with van der Waals surface area (Å²) in [6, 6.07) is 13.0. The first-order valence-corrected chi connectivity index (χ1v) is 8.43. The third kappa shape index (κ3) is 2.43. The van der Waals surface area contributed by atoms with Gasteiger partial charge in [0, 0.05) is 17.0 Å². The van der Waals surface area contributed by atoms with E-state index in [0.717, 1.165) is 22.5 Å². The number of thioether (sulfide) groups is 1. The largest absolute Gasteiger partial charge is 0.507 e. The van der Waals surface area contributed by atoms with E-state index in [1.165, 1.54) is 0 Å². The summed E-state index contributed by atoms with van der Waals surface area (Å²) in [5.41, 5.74) is 10.3. The molecule has 0 unspecified atom stereocenters. The number of aryl methyl sites for hydroxylation is 1. The summed E-state index contributed by atoms with van der Waals surface area (Å²) in [5.74, 6) is 1.37. The van der Waals surface area contributed by atoms with Crippen LogP contribution in [0.2, 0.25) is 0 Å². The van der Waals surface area contributed by atoms with Gasteiger partial charge in [0.1, 0.15) is 5.75 Å². The standard InChI is InChI=1S/C17H15N5OS/c1-10-6-7-11(8-13(10)18)14-9-24-17-20-19-16(22(17)21-14)12-4-2-3-5-15(12)23/h2-8,23H,9,18H2,1H3. The highest BCUT2D eigenvalue weighted by Gasteiger charge is 2.22. The zero-order valence-corrected chi connectivity index (χ0v) is 13.8. The molecule has 0 aliphatic carbocycles. The molecule has 0 amide bonds. The van der Waals surface area contributed by atoms with Crippen molar-refractivity contribution in [3.05, 3.63) is 53.6 Å². The van der Waals surface area contributed by atoms with Crippen LogP contribution >= 0.6 is 11.8 Å². The number of fused-ring (bicyclic) bond motifs is 1. The number of nitrogen functional groups attached to an aromatic ring is 1. The first-order valence-electron chi connectivity index (χ1n) is 7.44. The Hall–Kier alpha value is -2.80. The highest BCUT2D eigenvalue weighted by atomic mass is 32.2. The van der Waals surface area contributed by atoms with Gasteiger partial charge in [-0.15, -0.1) is 10.2 Å². The number of nitrogens with zero attached hydrogens (tertiary/aromatic N) is 4. The van der Waals surface area contributed by atoms with Crippen molar-refractivity contribution < 1.29 is 5.11 Å². The second kappa shape index (κ2) is 5.68. The molecule has 0 bridgehead atoms. The van der Waals surface area contributed by atoms with Gasteiger partial charge in [0.2, 0.25) is 5.16 Å². The summed E-state index contributed by atoms with van der Waals surface area (Å²) >= 11 is 1.56. The van der Waals surface area contributed by atoms with Gasteiger partial charge in [0.25, 0.3) is 0 Å². The molecule has 7 heteroatoms. The van der Waals surface area contributed by atoms with Crippen LogP contribution in [0.4, 0.5) is 5.69 Å². The number of aromatic hydroxyl groups is 1. The van der Waals surface area contributed by atoms with E-state index in [0.29, 0.717) is 22.3 Å². The quantitative estimate of drug-likeness (QED) is 0.702. The normalized spacial score (nSPS) is 13.5. The van der Waals surface area contributed by atoms with Crippen molar-refractivity contribution >= 4 is 23.2 Å². The lowest BCUT2D eigenvalue weighted by atomic mass is 10.1. The third-order valence-electron chi connectivity index (χ3n) is 3.93. The molecule has 120 valence electrons. The van der Waals surface area contributed by atoms with Crippen molar-refractivity contribution in [2.75, 3.05) is 11.5 Å². The molecule has 1 aliphatic heterocycles. The number of hydrogen-bond acceptors (Lipinski definition) is 6. The zero-order valence-electron chi connectivity index (χ0n) is 13.0. The molecule has 0 radical (unpaired) electrons. The lowest BCUT2D eigenvalue weighted by molar-refractivity contribution is 0.476. The predicted octanol–water partition coefficient (Wildman–Crippen LogP) is 2.90. The minimum Gasteiger partial charge on any atom is -0.507 e. The lowest BCUT2D eigenvalue weighted by Gasteiger charge is -2.15. The van der Waals surface area contributed by atoms with Crippen LogP contribution in [0.15, 0.2) is 52.7 Å². The average Bonchev–Trinajstić information content (AvgIpc) is 3.01. The Morgan fingerprint density at radius 2 is 2.00 bits per heavy atom. The molecule has 0 spiro atoms. The van der Waals surface area contributed by atoms with Gasteiger partial charge in [-0.25, -0.2) is 0 Å². The molecule has 3 aromatic rings. The molecule has 2 heterocycles. The van der Waals surface area contributed by atoms with Crippen LogP contribution < -0.4 is 5.73 Å². The van der Waals surface area contributed by atoms with Crippen LogP contribution in [0.5, 0.6) is 5.75 Å². The Kier molecular flexibility index (Phi) is 3.50. The zero-order chi connectivity index (χ0) is 16.7. The van der Waals surface area contributed by atoms with Gasteiger partial charge < -0.3 is 10.8 Å². The average molecular weight is 337 g/mol. The van der Waals surface area contributed by atoms with Crippen molar-refractivity contribution in [3.8, 4) is 17.1 Å². The highest BCUT2D eigenvalue weighted by Crippen LogP contribution is 2.32. The number of anilines is 1. The van der Waals surface area contributed by atoms with Crippen molar-refractivity contribution in [2.45, 2.75) is 12.1 Å². The molecule has 0 atom stereocenters. The summed E-state index contributed by atoms with van der Waals surface area (Å²) in [7, 11) is 0. The van der Waals surface area contributed by atoms with Crippen molar-refractivity contribution in [1.29, 1.82) is 0 Å². The van der Waals surface area contributed by atoms with E-state index in [2.05, 4.69) is 15.3 Å². The van der Waals surface area contributed by atoms with Gasteiger partial charge in [0.15, 0.2) is 5.82 Å². The van der Waals surface area contributed by atoms with E-state index in [1.54, 1.807) is 34.6 Å². The van der Waals surface area contributed by atoms with Gasteiger partial charge >= 0.3 is 0 Å². The SMILES string of the molecule is Cc1ccc(C2=Nn3c(nnc3-c3ccccc3O)SC2)cc1N. The number of rotatable bonds is 2. The van der Waals surface area contributed by atoms with E-state index in [-0.39, 0.29) is 5.75 Å². The Morgan fingerprint density at radius 3 is 2.79 bits per heavy atom. The molecule has 1 aliphatic rings. The number of para-hydroxylation sites is 1. The molecule has 6 nitrogen and oxygen atoms in total. The molecule has 2 aromatic carbocycles.